The monoisotopic (exact) mass is 408 g/mol. The van der Waals surface area contributed by atoms with Gasteiger partial charge in [0, 0.05) is 16.1 Å². The van der Waals surface area contributed by atoms with Gasteiger partial charge in [0.25, 0.3) is 5.09 Å². The molecule has 10 heteroatoms. The second kappa shape index (κ2) is 6.16. The molecule has 21 heavy (non-hydrogen) atoms. The van der Waals surface area contributed by atoms with Gasteiger partial charge in [0.1, 0.15) is 5.76 Å². The van der Waals surface area contributed by atoms with Crippen LogP contribution in [0.4, 0.5) is 0 Å². The maximum Gasteiger partial charge on any atom is 0.328 e. The molecule has 1 heterocycles. The highest BCUT2D eigenvalue weighted by Gasteiger charge is 2.28. The van der Waals surface area contributed by atoms with Crippen molar-refractivity contribution in [2.75, 3.05) is 0 Å². The predicted octanol–water partition coefficient (Wildman–Crippen LogP) is 5.63. The highest BCUT2D eigenvalue weighted by atomic mass is 35.5. The number of benzene rings is 1. The third-order valence-electron chi connectivity index (χ3n) is 2.44. The molecule has 0 bridgehead atoms. The summed E-state index contributed by atoms with van der Waals surface area (Å²) in [6.07, 6.45) is 0. The fourth-order valence-electron chi connectivity index (χ4n) is 1.67. The summed E-state index contributed by atoms with van der Waals surface area (Å²) in [6.45, 7) is 0. The predicted molar refractivity (Wildman–Crippen MR) is 83.4 cm³/mol. The lowest BCUT2D eigenvalue weighted by Crippen LogP contribution is -1.98. The van der Waals surface area contributed by atoms with Crippen molar-refractivity contribution in [3.05, 3.63) is 39.0 Å². The summed E-state index contributed by atoms with van der Waals surface area (Å²) in [5.74, 6) is -0.0805. The van der Waals surface area contributed by atoms with Crippen LogP contribution in [0.25, 0.3) is 11.1 Å². The van der Waals surface area contributed by atoms with Crippen molar-refractivity contribution < 1.29 is 17.4 Å². The maximum atomic E-state index is 11.4. The molecule has 1 N–H and O–H groups in total. The minimum Gasteiger partial charge on any atom is -0.444 e. The molecule has 0 saturated heterocycles. The lowest BCUT2D eigenvalue weighted by Gasteiger charge is -2.06. The Hall–Kier alpha value is -0.140. The van der Waals surface area contributed by atoms with E-state index in [-0.39, 0.29) is 32.0 Å². The minimum atomic E-state index is -4.67. The second-order valence-electron chi connectivity index (χ2n) is 3.87. The molecule has 0 atom stereocenters. The summed E-state index contributed by atoms with van der Waals surface area (Å²) in [7, 11) is -4.67. The number of furan rings is 1. The Labute approximate surface area is 145 Å². The third-order valence-corrected chi connectivity index (χ3v) is 4.46. The Balaban J connectivity index is 2.81. The lowest BCUT2D eigenvalue weighted by atomic mass is 10.1. The zero-order valence-electron chi connectivity index (χ0n) is 9.78. The van der Waals surface area contributed by atoms with Crippen molar-refractivity contribution in [1.29, 1.82) is 0 Å². The van der Waals surface area contributed by atoms with Crippen molar-refractivity contribution in [1.82, 2.24) is 0 Å². The van der Waals surface area contributed by atoms with E-state index in [2.05, 4.69) is 0 Å². The normalized spacial score (nSPS) is 12.1. The van der Waals surface area contributed by atoms with Gasteiger partial charge in [-0.25, -0.2) is 0 Å². The van der Waals surface area contributed by atoms with Crippen molar-refractivity contribution in [2.24, 2.45) is 0 Å². The molecular formula is C11H5Cl5O4S. The van der Waals surface area contributed by atoms with Crippen molar-refractivity contribution in [2.45, 2.75) is 9.93 Å². The second-order valence-corrected chi connectivity index (χ2v) is 7.54. The summed E-state index contributed by atoms with van der Waals surface area (Å²) in [6, 6.07) is 3.96. The summed E-state index contributed by atoms with van der Waals surface area (Å²) < 4.78 is 37.1. The van der Waals surface area contributed by atoms with Crippen LogP contribution in [0.5, 0.6) is 0 Å². The standard InChI is InChI=1S/C11H5Cl5O4S/c12-4-1-6(13)9(7(14)2-4)5-3-8(10(15)16)20-11(5)21(17,18)19/h1-3,10H,(H,17,18,19). The van der Waals surface area contributed by atoms with Crippen molar-refractivity contribution >= 4 is 68.1 Å². The quantitative estimate of drug-likeness (QED) is 0.526. The van der Waals surface area contributed by atoms with Crippen LogP contribution in [0.2, 0.25) is 15.1 Å². The van der Waals surface area contributed by atoms with Crippen LogP contribution in [-0.2, 0) is 10.1 Å². The molecule has 1 aromatic carbocycles. The molecule has 0 aliphatic heterocycles. The van der Waals surface area contributed by atoms with Gasteiger partial charge in [0.2, 0.25) is 0 Å². The summed E-state index contributed by atoms with van der Waals surface area (Å²) in [5, 5.41) is -0.343. The molecule has 2 rings (SSSR count). The van der Waals surface area contributed by atoms with Gasteiger partial charge in [-0.2, -0.15) is 8.42 Å². The van der Waals surface area contributed by atoms with Crippen LogP contribution in [0.15, 0.2) is 27.7 Å². The molecule has 0 aliphatic rings. The molecule has 0 aliphatic carbocycles. The van der Waals surface area contributed by atoms with Gasteiger partial charge < -0.3 is 4.42 Å². The first-order chi connectivity index (χ1) is 9.61. The average molecular weight is 410 g/mol. The number of halogens is 5. The Bertz CT molecular complexity index is 774. The van der Waals surface area contributed by atoms with Crippen LogP contribution in [0.3, 0.4) is 0 Å². The Morgan fingerprint density at radius 2 is 1.57 bits per heavy atom. The number of alkyl halides is 2. The average Bonchev–Trinajstić information content (AvgIpc) is 2.71. The molecular weight excluding hydrogens is 405 g/mol. The van der Waals surface area contributed by atoms with E-state index in [1.54, 1.807) is 0 Å². The van der Waals surface area contributed by atoms with E-state index in [1.165, 1.54) is 18.2 Å². The zero-order valence-corrected chi connectivity index (χ0v) is 14.4. The first-order valence-electron chi connectivity index (χ1n) is 5.15. The molecule has 0 saturated carbocycles. The van der Waals surface area contributed by atoms with Crippen molar-refractivity contribution in [3.8, 4) is 11.1 Å². The lowest BCUT2D eigenvalue weighted by molar-refractivity contribution is 0.392. The molecule has 0 amide bonds. The first-order valence-corrected chi connectivity index (χ1v) is 8.60. The van der Waals surface area contributed by atoms with Gasteiger partial charge in [0.15, 0.2) is 4.84 Å². The minimum absolute atomic E-state index is 0.0644. The first kappa shape index (κ1) is 17.2. The summed E-state index contributed by atoms with van der Waals surface area (Å²) >= 11 is 29.1. The SMILES string of the molecule is O=S(=O)(O)c1oc(C(Cl)Cl)cc1-c1c(Cl)cc(Cl)cc1Cl. The number of hydrogen-bond acceptors (Lipinski definition) is 3. The van der Waals surface area contributed by atoms with E-state index in [4.69, 9.17) is 62.4 Å². The molecule has 114 valence electrons. The van der Waals surface area contributed by atoms with E-state index in [0.29, 0.717) is 0 Å². The molecule has 1 aromatic heterocycles. The fourth-order valence-corrected chi connectivity index (χ4v) is 3.54. The molecule has 0 unspecified atom stereocenters. The molecule has 0 fully saturated rings. The van der Waals surface area contributed by atoms with Gasteiger partial charge in [-0.05, 0) is 18.2 Å². The fraction of sp³-hybridized carbons (Fsp3) is 0.0909. The van der Waals surface area contributed by atoms with Gasteiger partial charge in [0.05, 0.1) is 10.0 Å². The van der Waals surface area contributed by atoms with Gasteiger partial charge in [-0.3, -0.25) is 4.55 Å². The van der Waals surface area contributed by atoms with Crippen molar-refractivity contribution in [3.63, 3.8) is 0 Å². The topological polar surface area (TPSA) is 67.5 Å². The zero-order chi connectivity index (χ0) is 15.9. The largest absolute Gasteiger partial charge is 0.444 e. The molecule has 2 aromatic rings. The van der Waals surface area contributed by atoms with Gasteiger partial charge in [-0.15, -0.1) is 0 Å². The van der Waals surface area contributed by atoms with E-state index < -0.39 is 20.0 Å². The Kier molecular flexibility index (Phi) is 5.05. The molecule has 0 radical (unpaired) electrons. The molecule has 0 spiro atoms. The van der Waals surface area contributed by atoms with Crippen LogP contribution in [-0.4, -0.2) is 13.0 Å². The van der Waals surface area contributed by atoms with Crippen LogP contribution >= 0.6 is 58.0 Å². The van der Waals surface area contributed by atoms with E-state index in [9.17, 15) is 13.0 Å². The number of rotatable bonds is 3. The van der Waals surface area contributed by atoms with E-state index >= 15 is 0 Å². The highest BCUT2D eigenvalue weighted by molar-refractivity contribution is 7.85. The summed E-state index contributed by atoms with van der Waals surface area (Å²) in [5.41, 5.74) is 0.0600. The highest BCUT2D eigenvalue weighted by Crippen LogP contribution is 2.43. The van der Waals surface area contributed by atoms with E-state index in [0.717, 1.165) is 0 Å². The van der Waals surface area contributed by atoms with Gasteiger partial charge >= 0.3 is 10.1 Å². The summed E-state index contributed by atoms with van der Waals surface area (Å²) in [4.78, 5) is -1.14. The number of hydrogen-bond donors (Lipinski definition) is 1. The van der Waals surface area contributed by atoms with Crippen LogP contribution in [0, 0.1) is 0 Å². The smallest absolute Gasteiger partial charge is 0.328 e. The molecule has 4 nitrogen and oxygen atoms in total. The maximum absolute atomic E-state index is 11.4. The van der Waals surface area contributed by atoms with E-state index in [1.807, 2.05) is 0 Å². The Morgan fingerprint density at radius 3 is 2.00 bits per heavy atom. The Morgan fingerprint density at radius 1 is 1.05 bits per heavy atom. The third kappa shape index (κ3) is 3.62. The van der Waals surface area contributed by atoms with Crippen LogP contribution < -0.4 is 0 Å². The van der Waals surface area contributed by atoms with Gasteiger partial charge in [-0.1, -0.05) is 58.0 Å². The van der Waals surface area contributed by atoms with Crippen LogP contribution in [0.1, 0.15) is 10.6 Å².